The second-order valence-electron chi connectivity index (χ2n) is 6.42. The van der Waals surface area contributed by atoms with Gasteiger partial charge in [-0.3, -0.25) is 4.98 Å². The van der Waals surface area contributed by atoms with Crippen molar-refractivity contribution in [1.29, 1.82) is 0 Å². The van der Waals surface area contributed by atoms with Gasteiger partial charge in [-0.25, -0.2) is 0 Å². The van der Waals surface area contributed by atoms with Gasteiger partial charge in [-0.1, -0.05) is 0 Å². The van der Waals surface area contributed by atoms with E-state index in [1.54, 1.807) is 0 Å². The molecule has 20 heavy (non-hydrogen) atoms. The van der Waals surface area contributed by atoms with Crippen LogP contribution in [-0.4, -0.2) is 42.6 Å². The molecule has 0 bridgehead atoms. The van der Waals surface area contributed by atoms with Crippen molar-refractivity contribution in [3.05, 3.63) is 30.1 Å². The van der Waals surface area contributed by atoms with E-state index >= 15 is 0 Å². The number of rotatable bonds is 5. The molecular formula is C17H27N3. The molecule has 0 saturated carbocycles. The minimum Gasteiger partial charge on any atom is -0.317 e. The molecule has 3 nitrogen and oxygen atoms in total. The van der Waals surface area contributed by atoms with Crippen molar-refractivity contribution in [1.82, 2.24) is 15.2 Å². The largest absolute Gasteiger partial charge is 0.317 e. The SMILES string of the molecule is c1cc(C2(CCCN3CCCC3)CCNCC2)ccn1. The molecule has 2 aliphatic rings. The Bertz CT molecular complexity index is 392. The van der Waals surface area contributed by atoms with Crippen LogP contribution < -0.4 is 5.32 Å². The van der Waals surface area contributed by atoms with E-state index in [9.17, 15) is 0 Å². The van der Waals surface area contributed by atoms with Crippen LogP contribution in [0, 0.1) is 0 Å². The van der Waals surface area contributed by atoms with Gasteiger partial charge in [-0.05, 0) is 94.4 Å². The highest BCUT2D eigenvalue weighted by molar-refractivity contribution is 5.23. The Kier molecular flexibility index (Phi) is 4.69. The fraction of sp³-hybridized carbons (Fsp3) is 0.706. The van der Waals surface area contributed by atoms with Crippen LogP contribution in [0.25, 0.3) is 0 Å². The first kappa shape index (κ1) is 14.0. The zero-order valence-electron chi connectivity index (χ0n) is 12.5. The van der Waals surface area contributed by atoms with Gasteiger partial charge < -0.3 is 10.2 Å². The molecule has 0 unspecified atom stereocenters. The summed E-state index contributed by atoms with van der Waals surface area (Å²) in [5.74, 6) is 0. The molecule has 2 saturated heterocycles. The van der Waals surface area contributed by atoms with E-state index in [0.717, 1.165) is 13.1 Å². The Hall–Kier alpha value is -0.930. The Morgan fingerprint density at radius 2 is 1.80 bits per heavy atom. The normalized spacial score (nSPS) is 23.0. The maximum atomic E-state index is 4.19. The van der Waals surface area contributed by atoms with Crippen molar-refractivity contribution in [3.63, 3.8) is 0 Å². The van der Waals surface area contributed by atoms with Gasteiger partial charge in [0.25, 0.3) is 0 Å². The highest BCUT2D eigenvalue weighted by Gasteiger charge is 2.33. The lowest BCUT2D eigenvalue weighted by Gasteiger charge is -2.38. The number of nitrogens with one attached hydrogen (secondary N) is 1. The van der Waals surface area contributed by atoms with Gasteiger partial charge in [0.15, 0.2) is 0 Å². The van der Waals surface area contributed by atoms with E-state index < -0.39 is 0 Å². The molecule has 2 fully saturated rings. The summed E-state index contributed by atoms with van der Waals surface area (Å²) in [6.45, 7) is 6.26. The number of pyridine rings is 1. The standard InChI is InChI=1S/C17H27N3/c1-2-14-20(13-1)15-3-6-17(7-11-19-12-8-17)16-4-9-18-10-5-16/h4-5,9-10,19H,1-3,6-8,11-15H2. The molecule has 110 valence electrons. The van der Waals surface area contributed by atoms with Gasteiger partial charge in [-0.2, -0.15) is 0 Å². The van der Waals surface area contributed by atoms with E-state index in [0.29, 0.717) is 5.41 Å². The number of nitrogens with zero attached hydrogens (tertiary/aromatic N) is 2. The van der Waals surface area contributed by atoms with Crippen molar-refractivity contribution in [2.45, 2.75) is 43.9 Å². The summed E-state index contributed by atoms with van der Waals surface area (Å²) in [4.78, 5) is 6.83. The van der Waals surface area contributed by atoms with Gasteiger partial charge in [0.2, 0.25) is 0 Å². The first-order valence-electron chi connectivity index (χ1n) is 8.23. The predicted molar refractivity (Wildman–Crippen MR) is 82.9 cm³/mol. The van der Waals surface area contributed by atoms with Crippen LogP contribution in [0.4, 0.5) is 0 Å². The second kappa shape index (κ2) is 6.68. The molecule has 0 aromatic carbocycles. The first-order chi connectivity index (χ1) is 9.89. The minimum absolute atomic E-state index is 0.397. The third-order valence-electron chi connectivity index (χ3n) is 5.18. The van der Waals surface area contributed by atoms with Gasteiger partial charge in [0.05, 0.1) is 0 Å². The van der Waals surface area contributed by atoms with Crippen LogP contribution in [0.5, 0.6) is 0 Å². The highest BCUT2D eigenvalue weighted by atomic mass is 15.1. The van der Waals surface area contributed by atoms with E-state index in [4.69, 9.17) is 0 Å². The third kappa shape index (κ3) is 3.21. The number of hydrogen-bond acceptors (Lipinski definition) is 3. The lowest BCUT2D eigenvalue weighted by atomic mass is 9.70. The summed E-state index contributed by atoms with van der Waals surface area (Å²) in [6.07, 6.45) is 11.9. The van der Waals surface area contributed by atoms with E-state index in [1.807, 2.05) is 12.4 Å². The molecule has 0 spiro atoms. The second-order valence-corrected chi connectivity index (χ2v) is 6.42. The molecule has 0 atom stereocenters. The zero-order chi connectivity index (χ0) is 13.7. The van der Waals surface area contributed by atoms with Crippen LogP contribution >= 0.6 is 0 Å². The lowest BCUT2D eigenvalue weighted by Crippen LogP contribution is -2.40. The quantitative estimate of drug-likeness (QED) is 0.894. The molecule has 0 aliphatic carbocycles. The minimum atomic E-state index is 0.397. The maximum absolute atomic E-state index is 4.19. The molecule has 3 heteroatoms. The van der Waals surface area contributed by atoms with Crippen molar-refractivity contribution >= 4 is 0 Å². The van der Waals surface area contributed by atoms with Crippen LogP contribution in [0.1, 0.15) is 44.1 Å². The van der Waals surface area contributed by atoms with Crippen LogP contribution in [0.2, 0.25) is 0 Å². The molecule has 1 aromatic rings. The Balaban J connectivity index is 1.63. The van der Waals surface area contributed by atoms with Crippen LogP contribution in [0.3, 0.4) is 0 Å². The summed E-state index contributed by atoms with van der Waals surface area (Å²) in [5, 5.41) is 3.51. The van der Waals surface area contributed by atoms with Gasteiger partial charge >= 0.3 is 0 Å². The topological polar surface area (TPSA) is 28.2 Å². The average Bonchev–Trinajstić information content (AvgIpc) is 3.02. The highest BCUT2D eigenvalue weighted by Crippen LogP contribution is 2.37. The molecule has 1 aromatic heterocycles. The summed E-state index contributed by atoms with van der Waals surface area (Å²) in [7, 11) is 0. The Morgan fingerprint density at radius 1 is 1.10 bits per heavy atom. The molecular weight excluding hydrogens is 246 g/mol. The van der Waals surface area contributed by atoms with E-state index in [-0.39, 0.29) is 0 Å². The predicted octanol–water partition coefficient (Wildman–Crippen LogP) is 2.58. The van der Waals surface area contributed by atoms with E-state index in [2.05, 4.69) is 27.3 Å². The fourth-order valence-corrected chi connectivity index (χ4v) is 3.94. The monoisotopic (exact) mass is 273 g/mol. The van der Waals surface area contributed by atoms with Gasteiger partial charge in [-0.15, -0.1) is 0 Å². The van der Waals surface area contributed by atoms with Crippen LogP contribution in [0.15, 0.2) is 24.5 Å². The number of likely N-dealkylation sites (tertiary alicyclic amines) is 1. The number of hydrogen-bond donors (Lipinski definition) is 1. The van der Waals surface area contributed by atoms with Crippen molar-refractivity contribution in [3.8, 4) is 0 Å². The summed E-state index contributed by atoms with van der Waals surface area (Å²) < 4.78 is 0. The number of piperidine rings is 1. The molecule has 0 radical (unpaired) electrons. The molecule has 0 amide bonds. The molecule has 2 aliphatic heterocycles. The van der Waals surface area contributed by atoms with Crippen molar-refractivity contribution < 1.29 is 0 Å². The average molecular weight is 273 g/mol. The molecule has 1 N–H and O–H groups in total. The lowest BCUT2D eigenvalue weighted by molar-refractivity contribution is 0.254. The summed E-state index contributed by atoms with van der Waals surface area (Å²) in [5.41, 5.74) is 1.91. The molecule has 3 rings (SSSR count). The number of aromatic nitrogens is 1. The van der Waals surface area contributed by atoms with Gasteiger partial charge in [0.1, 0.15) is 0 Å². The fourth-order valence-electron chi connectivity index (χ4n) is 3.94. The summed E-state index contributed by atoms with van der Waals surface area (Å²) >= 11 is 0. The van der Waals surface area contributed by atoms with Crippen molar-refractivity contribution in [2.75, 3.05) is 32.7 Å². The molecule has 3 heterocycles. The first-order valence-corrected chi connectivity index (χ1v) is 8.23. The van der Waals surface area contributed by atoms with Gasteiger partial charge in [0, 0.05) is 12.4 Å². The van der Waals surface area contributed by atoms with Crippen LogP contribution in [-0.2, 0) is 5.41 Å². The smallest absolute Gasteiger partial charge is 0.0270 e. The summed E-state index contributed by atoms with van der Waals surface area (Å²) in [6, 6.07) is 4.47. The maximum Gasteiger partial charge on any atom is 0.0270 e. The third-order valence-corrected chi connectivity index (χ3v) is 5.18. The van der Waals surface area contributed by atoms with E-state index in [1.165, 1.54) is 63.7 Å². The van der Waals surface area contributed by atoms with Crippen molar-refractivity contribution in [2.24, 2.45) is 0 Å². The Labute approximate surface area is 122 Å². The Morgan fingerprint density at radius 3 is 2.50 bits per heavy atom. The zero-order valence-corrected chi connectivity index (χ0v) is 12.5.